The van der Waals surface area contributed by atoms with Gasteiger partial charge in [-0.2, -0.15) is 0 Å². The Labute approximate surface area is 172 Å². The molecule has 138 valence electrons. The number of ether oxygens (including phenoxy) is 2. The van der Waals surface area contributed by atoms with Crippen molar-refractivity contribution in [2.24, 2.45) is 0 Å². The van der Waals surface area contributed by atoms with Crippen LogP contribution in [0.2, 0.25) is 0 Å². The van der Waals surface area contributed by atoms with Crippen LogP contribution in [0.5, 0.6) is 11.5 Å². The van der Waals surface area contributed by atoms with Gasteiger partial charge in [0.25, 0.3) is 5.91 Å². The lowest BCUT2D eigenvalue weighted by Crippen LogP contribution is -2.13. The number of nitrogens with one attached hydrogen (secondary N) is 1. The molecule has 3 rings (SSSR count). The molecule has 27 heavy (non-hydrogen) atoms. The molecule has 1 N–H and O–H groups in total. The van der Waals surface area contributed by atoms with Crippen molar-refractivity contribution >= 4 is 34.2 Å². The molecule has 0 saturated carbocycles. The largest absolute Gasteiger partial charge is 0.490 e. The smallest absolute Gasteiger partial charge is 0.255 e. The van der Waals surface area contributed by atoms with E-state index in [0.717, 1.165) is 14.9 Å². The SMILES string of the molecule is Cc1ccc(C(=O)Nc2cccc(OCCOc3ccccc3)c2)cc1I. The van der Waals surface area contributed by atoms with Crippen molar-refractivity contribution in [3.63, 3.8) is 0 Å². The summed E-state index contributed by atoms with van der Waals surface area (Å²) in [5, 5.41) is 2.91. The summed E-state index contributed by atoms with van der Waals surface area (Å²) in [6, 6.07) is 22.6. The number of hydrogen-bond acceptors (Lipinski definition) is 3. The van der Waals surface area contributed by atoms with E-state index in [2.05, 4.69) is 27.9 Å². The summed E-state index contributed by atoms with van der Waals surface area (Å²) >= 11 is 2.23. The van der Waals surface area contributed by atoms with Crippen molar-refractivity contribution in [1.82, 2.24) is 0 Å². The normalized spacial score (nSPS) is 10.3. The number of carbonyl (C=O) groups excluding carboxylic acids is 1. The van der Waals surface area contributed by atoms with Crippen LogP contribution in [0.15, 0.2) is 72.8 Å². The third-order valence-corrected chi connectivity index (χ3v) is 5.05. The van der Waals surface area contributed by atoms with Gasteiger partial charge in [0.2, 0.25) is 0 Å². The molecule has 0 heterocycles. The predicted molar refractivity (Wildman–Crippen MR) is 116 cm³/mol. The first-order chi connectivity index (χ1) is 13.1. The second-order valence-electron chi connectivity index (χ2n) is 5.96. The van der Waals surface area contributed by atoms with Crippen molar-refractivity contribution in [1.29, 1.82) is 0 Å². The zero-order chi connectivity index (χ0) is 19.1. The highest BCUT2D eigenvalue weighted by Crippen LogP contribution is 2.19. The molecule has 3 aromatic rings. The van der Waals surface area contributed by atoms with Crippen LogP contribution in [-0.2, 0) is 0 Å². The van der Waals surface area contributed by atoms with E-state index in [1.54, 1.807) is 6.07 Å². The Balaban J connectivity index is 1.53. The molecular formula is C22H20INO3. The third-order valence-electron chi connectivity index (χ3n) is 3.89. The summed E-state index contributed by atoms with van der Waals surface area (Å²) < 4.78 is 12.4. The number of amides is 1. The summed E-state index contributed by atoms with van der Waals surface area (Å²) in [6.45, 7) is 2.89. The maximum absolute atomic E-state index is 12.4. The quantitative estimate of drug-likeness (QED) is 0.374. The van der Waals surface area contributed by atoms with Gasteiger partial charge in [0.15, 0.2) is 0 Å². The summed E-state index contributed by atoms with van der Waals surface area (Å²) in [5.74, 6) is 1.36. The predicted octanol–water partition coefficient (Wildman–Crippen LogP) is 5.31. The lowest BCUT2D eigenvalue weighted by atomic mass is 10.1. The molecule has 0 radical (unpaired) electrons. The maximum atomic E-state index is 12.4. The van der Waals surface area contributed by atoms with Crippen LogP contribution >= 0.6 is 22.6 Å². The lowest BCUT2D eigenvalue weighted by molar-refractivity contribution is 0.102. The van der Waals surface area contributed by atoms with Crippen molar-refractivity contribution in [2.75, 3.05) is 18.5 Å². The van der Waals surface area contributed by atoms with Crippen LogP contribution in [0.1, 0.15) is 15.9 Å². The summed E-state index contributed by atoms with van der Waals surface area (Å²) in [4.78, 5) is 12.4. The monoisotopic (exact) mass is 473 g/mol. The molecule has 0 aliphatic carbocycles. The van der Waals surface area contributed by atoms with E-state index >= 15 is 0 Å². The van der Waals surface area contributed by atoms with Gasteiger partial charge in [-0.3, -0.25) is 4.79 Å². The summed E-state index contributed by atoms with van der Waals surface area (Å²) in [6.07, 6.45) is 0. The van der Waals surface area contributed by atoms with E-state index in [9.17, 15) is 4.79 Å². The fraction of sp³-hybridized carbons (Fsp3) is 0.136. The Morgan fingerprint density at radius 2 is 1.59 bits per heavy atom. The number of benzene rings is 3. The molecule has 0 aliphatic rings. The first-order valence-electron chi connectivity index (χ1n) is 8.60. The van der Waals surface area contributed by atoms with Gasteiger partial charge in [0.05, 0.1) is 0 Å². The molecule has 0 aromatic heterocycles. The average Bonchev–Trinajstić information content (AvgIpc) is 2.68. The van der Waals surface area contributed by atoms with Crippen LogP contribution in [-0.4, -0.2) is 19.1 Å². The van der Waals surface area contributed by atoms with E-state index in [4.69, 9.17) is 9.47 Å². The third kappa shape index (κ3) is 5.72. The first-order valence-corrected chi connectivity index (χ1v) is 9.68. The standard InChI is InChI=1S/C22H20INO3/c1-16-10-11-17(14-21(16)23)22(25)24-18-6-5-9-20(15-18)27-13-12-26-19-7-3-2-4-8-19/h2-11,14-15H,12-13H2,1H3,(H,24,25). The van der Waals surface area contributed by atoms with Gasteiger partial charge >= 0.3 is 0 Å². The highest BCUT2D eigenvalue weighted by atomic mass is 127. The molecule has 0 saturated heterocycles. The molecule has 0 atom stereocenters. The minimum atomic E-state index is -0.141. The van der Waals surface area contributed by atoms with Crippen LogP contribution in [0.4, 0.5) is 5.69 Å². The highest BCUT2D eigenvalue weighted by molar-refractivity contribution is 14.1. The number of carbonyl (C=O) groups is 1. The van der Waals surface area contributed by atoms with Gasteiger partial charge in [0.1, 0.15) is 24.7 Å². The van der Waals surface area contributed by atoms with Crippen LogP contribution in [0, 0.1) is 10.5 Å². The van der Waals surface area contributed by atoms with Crippen molar-refractivity contribution in [3.05, 3.63) is 87.5 Å². The molecule has 0 unspecified atom stereocenters. The topological polar surface area (TPSA) is 47.6 Å². The van der Waals surface area contributed by atoms with Gasteiger partial charge in [0, 0.05) is 20.9 Å². The average molecular weight is 473 g/mol. The molecule has 0 aliphatic heterocycles. The van der Waals surface area contributed by atoms with Crippen LogP contribution < -0.4 is 14.8 Å². The summed E-state index contributed by atoms with van der Waals surface area (Å²) in [7, 11) is 0. The Morgan fingerprint density at radius 3 is 2.33 bits per heavy atom. The molecule has 4 nitrogen and oxygen atoms in total. The first kappa shape index (κ1) is 19.2. The van der Waals surface area contributed by atoms with E-state index in [1.165, 1.54) is 0 Å². The van der Waals surface area contributed by atoms with E-state index in [0.29, 0.717) is 30.2 Å². The molecular weight excluding hydrogens is 453 g/mol. The van der Waals surface area contributed by atoms with Gasteiger partial charge in [-0.05, 0) is 71.5 Å². The fourth-order valence-electron chi connectivity index (χ4n) is 2.44. The Hall–Kier alpha value is -2.54. The zero-order valence-electron chi connectivity index (χ0n) is 14.9. The number of aryl methyl sites for hydroxylation is 1. The van der Waals surface area contributed by atoms with Gasteiger partial charge in [-0.1, -0.05) is 30.3 Å². The second kappa shape index (κ2) is 9.41. The van der Waals surface area contributed by atoms with Gasteiger partial charge < -0.3 is 14.8 Å². The minimum absolute atomic E-state index is 0.141. The molecule has 1 amide bonds. The van der Waals surface area contributed by atoms with Crippen LogP contribution in [0.3, 0.4) is 0 Å². The van der Waals surface area contributed by atoms with Crippen molar-refractivity contribution in [2.45, 2.75) is 6.92 Å². The minimum Gasteiger partial charge on any atom is -0.490 e. The molecule has 3 aromatic carbocycles. The second-order valence-corrected chi connectivity index (χ2v) is 7.12. The number of rotatable bonds is 7. The van der Waals surface area contributed by atoms with Crippen molar-refractivity contribution < 1.29 is 14.3 Å². The number of hydrogen-bond donors (Lipinski definition) is 1. The molecule has 5 heteroatoms. The van der Waals surface area contributed by atoms with E-state index < -0.39 is 0 Å². The molecule has 0 spiro atoms. The molecule has 0 fully saturated rings. The fourth-order valence-corrected chi connectivity index (χ4v) is 2.95. The lowest BCUT2D eigenvalue weighted by Gasteiger charge is -2.10. The number of anilines is 1. The number of halogens is 1. The zero-order valence-corrected chi connectivity index (χ0v) is 17.1. The Bertz CT molecular complexity index is 912. The van der Waals surface area contributed by atoms with Gasteiger partial charge in [-0.25, -0.2) is 0 Å². The van der Waals surface area contributed by atoms with Crippen molar-refractivity contribution in [3.8, 4) is 11.5 Å². The Kier molecular flexibility index (Phi) is 6.70. The number of para-hydroxylation sites is 1. The van der Waals surface area contributed by atoms with Gasteiger partial charge in [-0.15, -0.1) is 0 Å². The summed E-state index contributed by atoms with van der Waals surface area (Å²) in [5.41, 5.74) is 2.48. The highest BCUT2D eigenvalue weighted by Gasteiger charge is 2.08. The molecule has 0 bridgehead atoms. The Morgan fingerprint density at radius 1 is 0.889 bits per heavy atom. The van der Waals surface area contributed by atoms with E-state index in [-0.39, 0.29) is 5.91 Å². The van der Waals surface area contributed by atoms with Crippen LogP contribution in [0.25, 0.3) is 0 Å². The van der Waals surface area contributed by atoms with E-state index in [1.807, 2.05) is 73.7 Å². The maximum Gasteiger partial charge on any atom is 0.255 e.